The SMILES string of the molecule is CCOC(=O)CC1CN(S(C)(=O)=O)c2ccccc2C1=O. The molecule has 0 bridgehead atoms. The lowest BCUT2D eigenvalue weighted by Crippen LogP contribution is -2.43. The number of carbonyl (C=O) groups is 2. The molecule has 6 nitrogen and oxygen atoms in total. The van der Waals surface area contributed by atoms with Crippen LogP contribution in [0.15, 0.2) is 24.3 Å². The molecule has 21 heavy (non-hydrogen) atoms. The molecule has 0 radical (unpaired) electrons. The molecule has 114 valence electrons. The van der Waals surface area contributed by atoms with E-state index < -0.39 is 21.9 Å². The standard InChI is InChI=1S/C14H17NO5S/c1-3-20-13(16)8-10-9-15(21(2,18)19)12-7-5-4-6-11(12)14(10)17/h4-7,10H,3,8-9H2,1-2H3. The summed E-state index contributed by atoms with van der Waals surface area (Å²) >= 11 is 0. The van der Waals surface area contributed by atoms with Gasteiger partial charge in [-0.15, -0.1) is 0 Å². The Morgan fingerprint density at radius 3 is 2.67 bits per heavy atom. The fourth-order valence-electron chi connectivity index (χ4n) is 2.39. The number of ketones is 1. The van der Waals surface area contributed by atoms with E-state index in [1.54, 1.807) is 31.2 Å². The summed E-state index contributed by atoms with van der Waals surface area (Å²) in [7, 11) is -3.51. The Balaban J connectivity index is 2.37. The maximum absolute atomic E-state index is 12.4. The lowest BCUT2D eigenvalue weighted by Gasteiger charge is -2.32. The van der Waals surface area contributed by atoms with Gasteiger partial charge in [0, 0.05) is 12.1 Å². The molecule has 1 aliphatic heterocycles. The second-order valence-electron chi connectivity index (χ2n) is 4.88. The van der Waals surface area contributed by atoms with Gasteiger partial charge in [0.15, 0.2) is 5.78 Å². The summed E-state index contributed by atoms with van der Waals surface area (Å²) in [6, 6.07) is 6.52. The normalized spacial score (nSPS) is 18.3. The number of para-hydroxylation sites is 1. The van der Waals surface area contributed by atoms with E-state index in [1.807, 2.05) is 0 Å². The van der Waals surface area contributed by atoms with Gasteiger partial charge in [-0.1, -0.05) is 12.1 Å². The van der Waals surface area contributed by atoms with Crippen molar-refractivity contribution >= 4 is 27.5 Å². The van der Waals surface area contributed by atoms with Crippen LogP contribution in [-0.2, 0) is 19.6 Å². The van der Waals surface area contributed by atoms with Gasteiger partial charge in [0.2, 0.25) is 10.0 Å². The van der Waals surface area contributed by atoms with Gasteiger partial charge in [-0.25, -0.2) is 8.42 Å². The van der Waals surface area contributed by atoms with Crippen molar-refractivity contribution in [3.8, 4) is 0 Å². The Kier molecular flexibility index (Phi) is 4.32. The summed E-state index contributed by atoms with van der Waals surface area (Å²) in [5.74, 6) is -1.43. The highest BCUT2D eigenvalue weighted by atomic mass is 32.2. The largest absolute Gasteiger partial charge is 0.466 e. The summed E-state index contributed by atoms with van der Waals surface area (Å²) in [6.45, 7) is 1.87. The smallest absolute Gasteiger partial charge is 0.306 e. The third kappa shape index (κ3) is 3.24. The maximum Gasteiger partial charge on any atom is 0.306 e. The predicted molar refractivity (Wildman–Crippen MR) is 77.7 cm³/mol. The number of fused-ring (bicyclic) bond motifs is 1. The lowest BCUT2D eigenvalue weighted by atomic mass is 9.90. The van der Waals surface area contributed by atoms with E-state index in [2.05, 4.69) is 0 Å². The number of anilines is 1. The molecule has 1 atom stereocenters. The number of esters is 1. The molecule has 0 saturated carbocycles. The second kappa shape index (κ2) is 5.85. The molecule has 0 spiro atoms. The third-order valence-electron chi connectivity index (χ3n) is 3.31. The van der Waals surface area contributed by atoms with Crippen LogP contribution in [0.4, 0.5) is 5.69 Å². The Bertz CT molecular complexity index is 668. The van der Waals surface area contributed by atoms with Crippen LogP contribution in [0.1, 0.15) is 23.7 Å². The van der Waals surface area contributed by atoms with Crippen molar-refractivity contribution in [1.29, 1.82) is 0 Å². The van der Waals surface area contributed by atoms with Gasteiger partial charge in [-0.05, 0) is 19.1 Å². The van der Waals surface area contributed by atoms with Crippen molar-refractivity contribution in [2.75, 3.05) is 23.7 Å². The van der Waals surface area contributed by atoms with Crippen LogP contribution in [0, 0.1) is 5.92 Å². The van der Waals surface area contributed by atoms with Gasteiger partial charge in [0.25, 0.3) is 0 Å². The second-order valence-corrected chi connectivity index (χ2v) is 6.79. The van der Waals surface area contributed by atoms with E-state index in [0.717, 1.165) is 6.26 Å². The van der Waals surface area contributed by atoms with E-state index in [4.69, 9.17) is 4.74 Å². The number of carbonyl (C=O) groups excluding carboxylic acids is 2. The molecule has 0 N–H and O–H groups in total. The minimum atomic E-state index is -3.51. The number of ether oxygens (including phenoxy) is 1. The highest BCUT2D eigenvalue weighted by Crippen LogP contribution is 2.32. The molecular weight excluding hydrogens is 294 g/mol. The van der Waals surface area contributed by atoms with E-state index in [1.165, 1.54) is 4.31 Å². The molecule has 0 amide bonds. The van der Waals surface area contributed by atoms with Crippen LogP contribution < -0.4 is 4.31 Å². The molecule has 1 aromatic rings. The molecule has 1 unspecified atom stereocenters. The fraction of sp³-hybridized carbons (Fsp3) is 0.429. The van der Waals surface area contributed by atoms with Gasteiger partial charge in [-0.3, -0.25) is 13.9 Å². The number of hydrogen-bond acceptors (Lipinski definition) is 5. The fourth-order valence-corrected chi connectivity index (χ4v) is 3.36. The van der Waals surface area contributed by atoms with Crippen LogP contribution >= 0.6 is 0 Å². The zero-order valence-electron chi connectivity index (χ0n) is 11.9. The van der Waals surface area contributed by atoms with Crippen LogP contribution in [0.25, 0.3) is 0 Å². The van der Waals surface area contributed by atoms with Gasteiger partial charge in [0.1, 0.15) is 0 Å². The first kappa shape index (κ1) is 15.5. The van der Waals surface area contributed by atoms with Crippen molar-refractivity contribution in [2.24, 2.45) is 5.92 Å². The Morgan fingerprint density at radius 2 is 2.05 bits per heavy atom. The van der Waals surface area contributed by atoms with Crippen LogP contribution in [0.5, 0.6) is 0 Å². The minimum absolute atomic E-state index is 0.0342. The summed E-state index contributed by atoms with van der Waals surface area (Å²) in [5.41, 5.74) is 0.689. The van der Waals surface area contributed by atoms with Crippen molar-refractivity contribution in [3.05, 3.63) is 29.8 Å². The average molecular weight is 311 g/mol. The number of Topliss-reactive ketones (excluding diaryl/α,β-unsaturated/α-hetero) is 1. The van der Waals surface area contributed by atoms with Crippen molar-refractivity contribution in [2.45, 2.75) is 13.3 Å². The van der Waals surface area contributed by atoms with Gasteiger partial charge in [0.05, 0.1) is 30.9 Å². The lowest BCUT2D eigenvalue weighted by molar-refractivity contribution is -0.143. The summed E-state index contributed by atoms with van der Waals surface area (Å²) < 4.78 is 29.8. The molecule has 0 fully saturated rings. The van der Waals surface area contributed by atoms with Gasteiger partial charge >= 0.3 is 5.97 Å². The zero-order valence-corrected chi connectivity index (χ0v) is 12.7. The Morgan fingerprint density at radius 1 is 1.38 bits per heavy atom. The molecule has 1 aliphatic rings. The molecular formula is C14H17NO5S. The summed E-state index contributed by atoms with van der Waals surface area (Å²) in [5, 5.41) is 0. The number of hydrogen-bond donors (Lipinski definition) is 0. The Labute approximate surface area is 123 Å². The monoisotopic (exact) mass is 311 g/mol. The van der Waals surface area contributed by atoms with E-state index >= 15 is 0 Å². The van der Waals surface area contributed by atoms with Crippen LogP contribution in [-0.4, -0.2) is 39.6 Å². The molecule has 0 saturated heterocycles. The topological polar surface area (TPSA) is 80.8 Å². The first-order valence-corrected chi connectivity index (χ1v) is 8.46. The van der Waals surface area contributed by atoms with Crippen molar-refractivity contribution in [1.82, 2.24) is 0 Å². The molecule has 0 aliphatic carbocycles. The number of nitrogens with zero attached hydrogens (tertiary/aromatic N) is 1. The molecule has 1 heterocycles. The van der Waals surface area contributed by atoms with Crippen LogP contribution in [0.2, 0.25) is 0 Å². The number of rotatable bonds is 4. The maximum atomic E-state index is 12.4. The number of benzene rings is 1. The molecule has 1 aromatic carbocycles. The first-order chi connectivity index (χ1) is 9.84. The van der Waals surface area contributed by atoms with Crippen molar-refractivity contribution < 1.29 is 22.7 Å². The number of sulfonamides is 1. The highest BCUT2D eigenvalue weighted by molar-refractivity contribution is 7.92. The van der Waals surface area contributed by atoms with Crippen molar-refractivity contribution in [3.63, 3.8) is 0 Å². The van der Waals surface area contributed by atoms with Crippen LogP contribution in [0.3, 0.4) is 0 Å². The summed E-state index contributed by atoms with van der Waals surface area (Å²) in [6.07, 6.45) is 0.966. The summed E-state index contributed by atoms with van der Waals surface area (Å²) in [4.78, 5) is 24.0. The Hall–Kier alpha value is -1.89. The first-order valence-electron chi connectivity index (χ1n) is 6.61. The van der Waals surface area contributed by atoms with E-state index in [0.29, 0.717) is 11.3 Å². The predicted octanol–water partition coefficient (Wildman–Crippen LogP) is 1.22. The van der Waals surface area contributed by atoms with Gasteiger partial charge in [-0.2, -0.15) is 0 Å². The average Bonchev–Trinajstić information content (AvgIpc) is 2.41. The van der Waals surface area contributed by atoms with Gasteiger partial charge < -0.3 is 4.74 Å². The highest BCUT2D eigenvalue weighted by Gasteiger charge is 2.36. The quantitative estimate of drug-likeness (QED) is 0.781. The van der Waals surface area contributed by atoms with E-state index in [9.17, 15) is 18.0 Å². The molecule has 0 aromatic heterocycles. The minimum Gasteiger partial charge on any atom is -0.466 e. The molecule has 2 rings (SSSR count). The zero-order chi connectivity index (χ0) is 15.6. The molecule has 7 heteroatoms. The van der Waals surface area contributed by atoms with E-state index in [-0.39, 0.29) is 25.4 Å². The third-order valence-corrected chi connectivity index (χ3v) is 4.46.